The van der Waals surface area contributed by atoms with Crippen molar-refractivity contribution >= 4 is 63.8 Å². The first-order valence-corrected chi connectivity index (χ1v) is 14.8. The second-order valence-corrected chi connectivity index (χ2v) is 12.4. The first-order valence-electron chi connectivity index (χ1n) is 12.7. The first-order chi connectivity index (χ1) is 20.4. The number of hydrogen-bond donors (Lipinski definition) is 1. The Morgan fingerprint density at radius 2 is 1.60 bits per heavy atom. The Balaban J connectivity index is 1.43. The molecule has 0 bridgehead atoms. The molecule has 6 rings (SSSR count). The Hall–Kier alpha value is -3.94. The summed E-state index contributed by atoms with van der Waals surface area (Å²) in [6, 6.07) is 15.8. The Bertz CT molecular complexity index is 1820. The van der Waals surface area contributed by atoms with Gasteiger partial charge in [0, 0.05) is 21.5 Å². The van der Waals surface area contributed by atoms with Gasteiger partial charge in [0.1, 0.15) is 17.6 Å². The average Bonchev–Trinajstić information content (AvgIpc) is 3.40. The first kappa shape index (κ1) is 29.1. The zero-order chi connectivity index (χ0) is 30.6. The SMILES string of the molecule is O=C(Cn1c2c(sc1=O)C(c1ccc(Cl)cc1)C1C(=O)N(c3ccccc3C(F)(F)F)C(=O)C1S2)Nc1ccc(F)cc1. The fourth-order valence-electron chi connectivity index (χ4n) is 5.31. The van der Waals surface area contributed by atoms with Gasteiger partial charge >= 0.3 is 11.0 Å². The van der Waals surface area contributed by atoms with Crippen LogP contribution in [-0.4, -0.2) is 27.5 Å². The highest BCUT2D eigenvalue weighted by Gasteiger charge is 2.57. The molecular formula is C29H18ClF4N3O4S2. The van der Waals surface area contributed by atoms with Crippen molar-refractivity contribution in [3.8, 4) is 0 Å². The molecule has 2 aliphatic rings. The van der Waals surface area contributed by atoms with Gasteiger partial charge in [-0.1, -0.05) is 59.0 Å². The molecule has 3 unspecified atom stereocenters. The molecule has 0 aliphatic carbocycles. The Labute approximate surface area is 254 Å². The van der Waals surface area contributed by atoms with Crippen LogP contribution in [0.4, 0.5) is 28.9 Å². The van der Waals surface area contributed by atoms with E-state index in [1.807, 2.05) is 0 Å². The highest BCUT2D eigenvalue weighted by molar-refractivity contribution is 8.00. The van der Waals surface area contributed by atoms with Gasteiger partial charge in [-0.3, -0.25) is 23.7 Å². The number of aromatic nitrogens is 1. The lowest BCUT2D eigenvalue weighted by Crippen LogP contribution is -2.33. The molecule has 1 fully saturated rings. The lowest BCUT2D eigenvalue weighted by Gasteiger charge is -2.30. The number of amides is 3. The summed E-state index contributed by atoms with van der Waals surface area (Å²) in [5, 5.41) is 2.06. The van der Waals surface area contributed by atoms with Crippen LogP contribution in [0.5, 0.6) is 0 Å². The van der Waals surface area contributed by atoms with Crippen molar-refractivity contribution in [1.82, 2.24) is 4.57 Å². The smallest absolute Gasteiger partial charge is 0.325 e. The number of thiazole rings is 1. The molecule has 7 nitrogen and oxygen atoms in total. The number of hydrogen-bond acceptors (Lipinski definition) is 6. The maximum absolute atomic E-state index is 13.9. The van der Waals surface area contributed by atoms with Gasteiger partial charge in [-0.2, -0.15) is 13.2 Å². The number of carbonyl (C=O) groups excluding carboxylic acids is 3. The van der Waals surface area contributed by atoms with E-state index in [1.54, 1.807) is 24.3 Å². The van der Waals surface area contributed by atoms with E-state index in [9.17, 15) is 36.7 Å². The summed E-state index contributed by atoms with van der Waals surface area (Å²) in [5.74, 6) is -4.80. The zero-order valence-corrected chi connectivity index (χ0v) is 24.0. The van der Waals surface area contributed by atoms with Crippen LogP contribution >= 0.6 is 34.7 Å². The normalized spacial score (nSPS) is 19.7. The summed E-state index contributed by atoms with van der Waals surface area (Å²) < 4.78 is 56.2. The second-order valence-electron chi connectivity index (χ2n) is 9.80. The predicted octanol–water partition coefficient (Wildman–Crippen LogP) is 6.16. The fraction of sp³-hybridized carbons (Fsp3) is 0.172. The Morgan fingerprint density at radius 3 is 2.28 bits per heavy atom. The van der Waals surface area contributed by atoms with E-state index in [2.05, 4.69) is 5.32 Å². The number of thioether (sulfide) groups is 1. The van der Waals surface area contributed by atoms with Gasteiger partial charge < -0.3 is 5.32 Å². The molecule has 0 spiro atoms. The maximum Gasteiger partial charge on any atom is 0.418 e. The number of carbonyl (C=O) groups is 3. The molecule has 3 heterocycles. The number of fused-ring (bicyclic) bond motifs is 2. The van der Waals surface area contributed by atoms with Crippen molar-refractivity contribution in [2.45, 2.75) is 28.9 Å². The van der Waals surface area contributed by atoms with Gasteiger partial charge in [0.15, 0.2) is 0 Å². The van der Waals surface area contributed by atoms with E-state index in [0.717, 1.165) is 47.4 Å². The van der Waals surface area contributed by atoms with Gasteiger partial charge in [-0.15, -0.1) is 0 Å². The van der Waals surface area contributed by atoms with Crippen molar-refractivity contribution in [1.29, 1.82) is 0 Å². The van der Waals surface area contributed by atoms with Crippen LogP contribution in [0.25, 0.3) is 0 Å². The molecule has 3 atom stereocenters. The predicted molar refractivity (Wildman–Crippen MR) is 154 cm³/mol. The van der Waals surface area contributed by atoms with Crippen LogP contribution in [-0.2, 0) is 27.1 Å². The summed E-state index contributed by atoms with van der Waals surface area (Å²) in [6.07, 6.45) is -4.83. The molecule has 220 valence electrons. The van der Waals surface area contributed by atoms with Crippen LogP contribution < -0.4 is 15.1 Å². The number of nitrogens with zero attached hydrogens (tertiary/aromatic N) is 2. The quantitative estimate of drug-likeness (QED) is 0.207. The summed E-state index contributed by atoms with van der Waals surface area (Å²) in [7, 11) is 0. The second kappa shape index (κ2) is 11.0. The molecule has 14 heteroatoms. The Kier molecular flexibility index (Phi) is 7.43. The van der Waals surface area contributed by atoms with Gasteiger partial charge in [0.05, 0.1) is 22.2 Å². The molecule has 0 radical (unpaired) electrons. The highest BCUT2D eigenvalue weighted by atomic mass is 35.5. The molecule has 1 saturated heterocycles. The van der Waals surface area contributed by atoms with E-state index < -0.39 is 69.5 Å². The summed E-state index contributed by atoms with van der Waals surface area (Å²) in [4.78, 5) is 54.2. The fourth-order valence-corrected chi connectivity index (χ4v) is 8.21. The van der Waals surface area contributed by atoms with Crippen LogP contribution in [0.2, 0.25) is 5.02 Å². The molecule has 2 aliphatic heterocycles. The molecule has 1 aromatic heterocycles. The third-order valence-electron chi connectivity index (χ3n) is 7.16. The van der Waals surface area contributed by atoms with Crippen LogP contribution in [0, 0.1) is 11.7 Å². The van der Waals surface area contributed by atoms with Crippen molar-refractivity contribution < 1.29 is 31.9 Å². The van der Waals surface area contributed by atoms with Crippen LogP contribution in [0.15, 0.2) is 82.6 Å². The molecule has 4 aromatic rings. The Morgan fingerprint density at radius 1 is 0.930 bits per heavy atom. The summed E-state index contributed by atoms with van der Waals surface area (Å²) in [5.41, 5.74) is -0.884. The monoisotopic (exact) mass is 647 g/mol. The minimum Gasteiger partial charge on any atom is -0.325 e. The number of nitrogens with one attached hydrogen (secondary N) is 1. The van der Waals surface area contributed by atoms with Crippen molar-refractivity contribution in [3.63, 3.8) is 0 Å². The number of halogens is 5. The van der Waals surface area contributed by atoms with Gasteiger partial charge in [0.25, 0.3) is 0 Å². The topological polar surface area (TPSA) is 88.5 Å². The lowest BCUT2D eigenvalue weighted by molar-refractivity contribution is -0.137. The number of anilines is 2. The molecule has 3 amide bonds. The third-order valence-corrected chi connectivity index (χ3v) is 10.0. The van der Waals surface area contributed by atoms with Gasteiger partial charge in [-0.25, -0.2) is 9.29 Å². The van der Waals surface area contributed by atoms with E-state index in [4.69, 9.17) is 11.6 Å². The number of alkyl halides is 3. The van der Waals surface area contributed by atoms with E-state index in [1.165, 1.54) is 28.8 Å². The number of benzene rings is 3. The van der Waals surface area contributed by atoms with E-state index in [0.29, 0.717) is 26.1 Å². The number of para-hydroxylation sites is 1. The standard InChI is InChI=1S/C29H18ClF4N3O4S2/c30-15-7-5-14(6-8-15)21-22-23(26(40)37(25(22)39)19-4-2-1-3-18(19)29(32,33)34)42-27-24(21)43-28(41)36(27)13-20(38)35-17-11-9-16(31)10-12-17/h1-12,21-23H,13H2,(H,35,38). The lowest BCUT2D eigenvalue weighted by atomic mass is 9.83. The third kappa shape index (κ3) is 5.25. The number of imide groups is 1. The van der Waals surface area contributed by atoms with Crippen molar-refractivity contribution in [2.75, 3.05) is 10.2 Å². The number of rotatable bonds is 5. The summed E-state index contributed by atoms with van der Waals surface area (Å²) in [6.45, 7) is -0.456. The summed E-state index contributed by atoms with van der Waals surface area (Å²) >= 11 is 7.75. The molecule has 1 N–H and O–H groups in total. The highest BCUT2D eigenvalue weighted by Crippen LogP contribution is 2.54. The molecule has 43 heavy (non-hydrogen) atoms. The van der Waals surface area contributed by atoms with Crippen LogP contribution in [0.3, 0.4) is 0 Å². The van der Waals surface area contributed by atoms with Gasteiger partial charge in [-0.05, 0) is 54.1 Å². The minimum absolute atomic E-state index is 0.262. The molecular weight excluding hydrogens is 630 g/mol. The average molecular weight is 648 g/mol. The zero-order valence-electron chi connectivity index (χ0n) is 21.6. The van der Waals surface area contributed by atoms with E-state index >= 15 is 0 Å². The van der Waals surface area contributed by atoms with Crippen LogP contribution in [0.1, 0.15) is 21.9 Å². The van der Waals surface area contributed by atoms with Crippen molar-refractivity contribution in [3.05, 3.63) is 109 Å². The minimum atomic E-state index is -4.83. The molecule has 3 aromatic carbocycles. The largest absolute Gasteiger partial charge is 0.418 e. The van der Waals surface area contributed by atoms with Gasteiger partial charge in [0.2, 0.25) is 17.7 Å². The van der Waals surface area contributed by atoms with E-state index in [-0.39, 0.29) is 5.03 Å². The maximum atomic E-state index is 13.9. The molecule has 0 saturated carbocycles. The van der Waals surface area contributed by atoms with Crippen molar-refractivity contribution in [2.24, 2.45) is 5.92 Å².